The van der Waals surface area contributed by atoms with Crippen LogP contribution in [0.3, 0.4) is 0 Å². The fraction of sp³-hybridized carbons (Fsp3) is 0.143. The van der Waals surface area contributed by atoms with E-state index in [1.807, 2.05) is 0 Å². The Kier molecular flexibility index (Phi) is 5.72. The van der Waals surface area contributed by atoms with E-state index in [9.17, 15) is 0 Å². The van der Waals surface area contributed by atoms with E-state index in [0.29, 0.717) is 11.8 Å². The minimum Gasteiger partial charge on any atom is -0.369 e. The highest BCUT2D eigenvalue weighted by atomic mass is 35.5. The maximum absolute atomic E-state index is 6.00. The Bertz CT molecular complexity index is 1350. The summed E-state index contributed by atoms with van der Waals surface area (Å²) in [5.74, 6) is 1.17. The Morgan fingerprint density at radius 3 is 1.90 bits per heavy atom. The number of fused-ring (bicyclic) bond motifs is 4. The molecule has 0 aliphatic carbocycles. The lowest BCUT2D eigenvalue weighted by Crippen LogP contribution is -2.27. The first-order chi connectivity index (χ1) is 15.3. The predicted molar refractivity (Wildman–Crippen MR) is 138 cm³/mol. The molecule has 0 bridgehead atoms. The molecule has 0 spiro atoms. The lowest BCUT2D eigenvalue weighted by atomic mass is 9.90. The van der Waals surface area contributed by atoms with Crippen LogP contribution >= 0.6 is 23.2 Å². The molecule has 154 valence electrons. The van der Waals surface area contributed by atoms with Gasteiger partial charge in [-0.05, 0) is 61.6 Å². The van der Waals surface area contributed by atoms with Crippen molar-refractivity contribution in [3.8, 4) is 11.1 Å². The topological polar surface area (TPSA) is 3.24 Å². The highest BCUT2D eigenvalue weighted by Crippen LogP contribution is 2.39. The Balaban J connectivity index is 1.74. The van der Waals surface area contributed by atoms with Gasteiger partial charge in [0.25, 0.3) is 0 Å². The van der Waals surface area contributed by atoms with E-state index >= 15 is 0 Å². The molecule has 0 aromatic heterocycles. The number of hydrogen-bond donors (Lipinski definition) is 0. The smallest absolute Gasteiger partial charge is 0.0399 e. The maximum Gasteiger partial charge on any atom is 0.0399 e. The second-order valence-corrected chi connectivity index (χ2v) is 8.52. The molecule has 5 aromatic rings. The van der Waals surface area contributed by atoms with E-state index in [1.165, 1.54) is 43.4 Å². The van der Waals surface area contributed by atoms with E-state index in [4.69, 9.17) is 23.2 Å². The van der Waals surface area contributed by atoms with E-state index in [0.717, 1.165) is 18.8 Å². The van der Waals surface area contributed by atoms with Crippen LogP contribution in [-0.4, -0.2) is 24.8 Å². The SMILES string of the molecule is ClCCN(CCCl)c1ccc(-c2c3ccccc3cc3c2ccc2ccccc23)cc1. The van der Waals surface area contributed by atoms with Gasteiger partial charge in [0.15, 0.2) is 0 Å². The second kappa shape index (κ2) is 8.78. The number of alkyl halides is 2. The minimum absolute atomic E-state index is 0.583. The number of hydrogen-bond acceptors (Lipinski definition) is 1. The summed E-state index contributed by atoms with van der Waals surface area (Å²) < 4.78 is 0. The van der Waals surface area contributed by atoms with Gasteiger partial charge in [-0.3, -0.25) is 0 Å². The van der Waals surface area contributed by atoms with Gasteiger partial charge in [0.05, 0.1) is 0 Å². The van der Waals surface area contributed by atoms with Crippen LogP contribution in [0.5, 0.6) is 0 Å². The summed E-state index contributed by atoms with van der Waals surface area (Å²) in [5, 5.41) is 7.67. The van der Waals surface area contributed by atoms with E-state index < -0.39 is 0 Å². The highest BCUT2D eigenvalue weighted by Gasteiger charge is 2.13. The number of benzene rings is 5. The number of rotatable bonds is 6. The molecule has 5 aromatic carbocycles. The van der Waals surface area contributed by atoms with Crippen LogP contribution < -0.4 is 4.90 Å². The quantitative estimate of drug-likeness (QED) is 0.145. The van der Waals surface area contributed by atoms with E-state index in [-0.39, 0.29) is 0 Å². The lowest BCUT2D eigenvalue weighted by Gasteiger charge is -2.23. The molecule has 0 atom stereocenters. The van der Waals surface area contributed by atoms with E-state index in [2.05, 4.69) is 95.9 Å². The summed E-state index contributed by atoms with van der Waals surface area (Å²) in [6, 6.07) is 32.9. The fourth-order valence-corrected chi connectivity index (χ4v) is 4.95. The average Bonchev–Trinajstić information content (AvgIpc) is 2.82. The van der Waals surface area contributed by atoms with Crippen molar-refractivity contribution in [1.29, 1.82) is 0 Å². The molecule has 0 saturated carbocycles. The number of halogens is 2. The zero-order chi connectivity index (χ0) is 21.2. The van der Waals surface area contributed by atoms with Gasteiger partial charge in [-0.2, -0.15) is 0 Å². The van der Waals surface area contributed by atoms with Crippen LogP contribution in [0.1, 0.15) is 0 Å². The molecule has 0 radical (unpaired) electrons. The molecule has 1 nitrogen and oxygen atoms in total. The Morgan fingerprint density at radius 1 is 0.548 bits per heavy atom. The Labute approximate surface area is 192 Å². The predicted octanol–water partition coefficient (Wildman–Crippen LogP) is 8.10. The molecule has 31 heavy (non-hydrogen) atoms. The van der Waals surface area contributed by atoms with Crippen LogP contribution in [0.2, 0.25) is 0 Å². The summed E-state index contributed by atoms with van der Waals surface area (Å²) in [6.07, 6.45) is 0. The monoisotopic (exact) mass is 443 g/mol. The third-order valence-electron chi connectivity index (χ3n) is 6.00. The molecule has 0 aliphatic rings. The first kappa shape index (κ1) is 20.2. The van der Waals surface area contributed by atoms with Crippen molar-refractivity contribution in [3.63, 3.8) is 0 Å². The van der Waals surface area contributed by atoms with Crippen molar-refractivity contribution in [2.24, 2.45) is 0 Å². The normalized spacial score (nSPS) is 11.4. The molecule has 0 aliphatic heterocycles. The number of nitrogens with zero attached hydrogens (tertiary/aromatic N) is 1. The number of anilines is 1. The zero-order valence-electron chi connectivity index (χ0n) is 17.2. The average molecular weight is 444 g/mol. The van der Waals surface area contributed by atoms with Gasteiger partial charge >= 0.3 is 0 Å². The maximum atomic E-state index is 6.00. The van der Waals surface area contributed by atoms with Crippen molar-refractivity contribution < 1.29 is 0 Å². The standard InChI is InChI=1S/C28H23Cl2N/c29-15-17-31(18-16-30)23-12-9-21(10-13-23)28-25-8-4-2-6-22(25)19-27-24-7-3-1-5-20(24)11-14-26(27)28/h1-14,19H,15-18H2. The first-order valence-corrected chi connectivity index (χ1v) is 11.7. The van der Waals surface area contributed by atoms with Crippen LogP contribution in [0.4, 0.5) is 5.69 Å². The minimum atomic E-state index is 0.583. The second-order valence-electron chi connectivity index (χ2n) is 7.77. The van der Waals surface area contributed by atoms with E-state index in [1.54, 1.807) is 0 Å². The van der Waals surface area contributed by atoms with Crippen molar-refractivity contribution >= 4 is 61.2 Å². The summed E-state index contributed by atoms with van der Waals surface area (Å²) >= 11 is 12.0. The molecule has 3 heteroatoms. The van der Waals surface area contributed by atoms with Crippen molar-refractivity contribution in [2.45, 2.75) is 0 Å². The molecule has 0 N–H and O–H groups in total. The summed E-state index contributed by atoms with van der Waals surface area (Å²) in [5.41, 5.74) is 3.66. The molecule has 0 amide bonds. The third-order valence-corrected chi connectivity index (χ3v) is 6.34. The summed E-state index contributed by atoms with van der Waals surface area (Å²) in [6.45, 7) is 1.58. The Morgan fingerprint density at radius 2 is 1.19 bits per heavy atom. The highest BCUT2D eigenvalue weighted by molar-refractivity contribution is 6.20. The molecule has 0 fully saturated rings. The largest absolute Gasteiger partial charge is 0.369 e. The third kappa shape index (κ3) is 3.73. The van der Waals surface area contributed by atoms with Crippen LogP contribution in [0.25, 0.3) is 43.4 Å². The molecule has 5 rings (SSSR count). The molecule has 0 unspecified atom stereocenters. The van der Waals surface area contributed by atoms with Gasteiger partial charge in [0, 0.05) is 30.5 Å². The van der Waals surface area contributed by atoms with Crippen molar-refractivity contribution in [2.75, 3.05) is 29.7 Å². The molecular weight excluding hydrogens is 421 g/mol. The van der Waals surface area contributed by atoms with Crippen LogP contribution in [-0.2, 0) is 0 Å². The van der Waals surface area contributed by atoms with Crippen molar-refractivity contribution in [3.05, 3.63) is 91.0 Å². The fourth-order valence-electron chi connectivity index (χ4n) is 4.54. The first-order valence-electron chi connectivity index (χ1n) is 10.6. The van der Waals surface area contributed by atoms with Crippen LogP contribution in [0.15, 0.2) is 91.0 Å². The lowest BCUT2D eigenvalue weighted by molar-refractivity contribution is 0.874. The van der Waals surface area contributed by atoms with Gasteiger partial charge in [-0.1, -0.05) is 72.8 Å². The van der Waals surface area contributed by atoms with Gasteiger partial charge in [-0.15, -0.1) is 23.2 Å². The van der Waals surface area contributed by atoms with Gasteiger partial charge in [-0.25, -0.2) is 0 Å². The van der Waals surface area contributed by atoms with Crippen LogP contribution in [0, 0.1) is 0 Å². The summed E-state index contributed by atoms with van der Waals surface area (Å²) in [4.78, 5) is 2.23. The Hall–Kier alpha value is -2.74. The zero-order valence-corrected chi connectivity index (χ0v) is 18.7. The molecule has 0 heterocycles. The molecule has 0 saturated heterocycles. The van der Waals surface area contributed by atoms with Gasteiger partial charge in [0.2, 0.25) is 0 Å². The molecular formula is C28H23Cl2N. The van der Waals surface area contributed by atoms with Gasteiger partial charge < -0.3 is 4.90 Å². The summed E-state index contributed by atoms with van der Waals surface area (Å²) in [7, 11) is 0. The van der Waals surface area contributed by atoms with Crippen molar-refractivity contribution in [1.82, 2.24) is 0 Å². The van der Waals surface area contributed by atoms with Gasteiger partial charge in [0.1, 0.15) is 0 Å².